The van der Waals surface area contributed by atoms with Crippen molar-refractivity contribution in [2.24, 2.45) is 0 Å². The zero-order valence-electron chi connectivity index (χ0n) is 8.53. The Kier molecular flexibility index (Phi) is 3.11. The van der Waals surface area contributed by atoms with Gasteiger partial charge >= 0.3 is 12.0 Å². The Morgan fingerprint density at radius 1 is 1.71 bits per heavy atom. The number of amides is 2. The molecule has 1 aliphatic rings. The SMILES string of the molecule is CCOC(=O)C1=CN(C)C(=O)NC1C. The van der Waals surface area contributed by atoms with Crippen LogP contribution in [-0.4, -0.2) is 36.6 Å². The highest BCUT2D eigenvalue weighted by atomic mass is 16.5. The van der Waals surface area contributed by atoms with E-state index < -0.39 is 0 Å². The molecule has 0 saturated carbocycles. The van der Waals surface area contributed by atoms with Crippen LogP contribution in [0.2, 0.25) is 0 Å². The van der Waals surface area contributed by atoms with Crippen LogP contribution in [0.5, 0.6) is 0 Å². The molecule has 14 heavy (non-hydrogen) atoms. The van der Waals surface area contributed by atoms with Crippen LogP contribution in [0.3, 0.4) is 0 Å². The van der Waals surface area contributed by atoms with Gasteiger partial charge in [0.2, 0.25) is 0 Å². The van der Waals surface area contributed by atoms with Crippen molar-refractivity contribution in [1.29, 1.82) is 0 Å². The molecule has 78 valence electrons. The number of rotatable bonds is 2. The second kappa shape index (κ2) is 4.13. The Labute approximate surface area is 82.7 Å². The second-order valence-electron chi connectivity index (χ2n) is 3.09. The van der Waals surface area contributed by atoms with E-state index in [9.17, 15) is 9.59 Å². The average Bonchev–Trinajstić information content (AvgIpc) is 2.11. The number of carbonyl (C=O) groups is 2. The summed E-state index contributed by atoms with van der Waals surface area (Å²) in [4.78, 5) is 23.9. The van der Waals surface area contributed by atoms with Gasteiger partial charge in [0.15, 0.2) is 0 Å². The number of ether oxygens (including phenoxy) is 1. The van der Waals surface area contributed by atoms with Gasteiger partial charge < -0.3 is 15.0 Å². The predicted octanol–water partition coefficient (Wildman–Crippen LogP) is 0.477. The highest BCUT2D eigenvalue weighted by molar-refractivity contribution is 5.93. The quantitative estimate of drug-likeness (QED) is 0.656. The van der Waals surface area contributed by atoms with Crippen molar-refractivity contribution in [3.63, 3.8) is 0 Å². The maximum absolute atomic E-state index is 11.4. The standard InChI is InChI=1S/C9H14N2O3/c1-4-14-8(12)7-5-11(3)9(13)10-6(7)2/h5-6H,4H2,1-3H3,(H,10,13). The minimum Gasteiger partial charge on any atom is -0.463 e. The molecule has 1 aliphatic heterocycles. The van der Waals surface area contributed by atoms with Crippen LogP contribution in [0.25, 0.3) is 0 Å². The number of carbonyl (C=O) groups excluding carboxylic acids is 2. The average molecular weight is 198 g/mol. The zero-order valence-corrected chi connectivity index (χ0v) is 8.53. The van der Waals surface area contributed by atoms with Gasteiger partial charge in [-0.1, -0.05) is 0 Å². The fourth-order valence-corrected chi connectivity index (χ4v) is 1.19. The second-order valence-corrected chi connectivity index (χ2v) is 3.09. The summed E-state index contributed by atoms with van der Waals surface area (Å²) in [5.74, 6) is -0.383. The third kappa shape index (κ3) is 2.04. The highest BCUT2D eigenvalue weighted by Crippen LogP contribution is 2.11. The van der Waals surface area contributed by atoms with Gasteiger partial charge in [-0.15, -0.1) is 0 Å². The van der Waals surface area contributed by atoms with Crippen LogP contribution in [-0.2, 0) is 9.53 Å². The number of nitrogens with zero attached hydrogens (tertiary/aromatic N) is 1. The fraction of sp³-hybridized carbons (Fsp3) is 0.556. The van der Waals surface area contributed by atoms with Crippen LogP contribution in [0.15, 0.2) is 11.8 Å². The number of nitrogens with one attached hydrogen (secondary N) is 1. The monoisotopic (exact) mass is 198 g/mol. The summed E-state index contributed by atoms with van der Waals surface area (Å²) in [6, 6.07) is -0.511. The molecule has 5 heteroatoms. The molecule has 1 heterocycles. The molecular formula is C9H14N2O3. The molecular weight excluding hydrogens is 184 g/mol. The Balaban J connectivity index is 2.81. The van der Waals surface area contributed by atoms with Gasteiger partial charge in [-0.25, -0.2) is 9.59 Å². The molecule has 0 fully saturated rings. The number of urea groups is 1. The first-order valence-corrected chi connectivity index (χ1v) is 4.48. The van der Waals surface area contributed by atoms with Gasteiger partial charge in [0.05, 0.1) is 18.2 Å². The van der Waals surface area contributed by atoms with E-state index in [2.05, 4.69) is 5.32 Å². The van der Waals surface area contributed by atoms with Crippen LogP contribution in [0.4, 0.5) is 4.79 Å². The lowest BCUT2D eigenvalue weighted by molar-refractivity contribution is -0.138. The molecule has 1 N–H and O–H groups in total. The molecule has 2 amide bonds. The Morgan fingerprint density at radius 3 is 2.93 bits per heavy atom. The van der Waals surface area contributed by atoms with Gasteiger partial charge in [0, 0.05) is 13.2 Å². The van der Waals surface area contributed by atoms with E-state index in [4.69, 9.17) is 4.74 Å². The van der Waals surface area contributed by atoms with Crippen LogP contribution in [0, 0.1) is 0 Å². The number of hydrogen-bond donors (Lipinski definition) is 1. The third-order valence-electron chi connectivity index (χ3n) is 1.97. The summed E-state index contributed by atoms with van der Waals surface area (Å²) in [5.41, 5.74) is 0.467. The van der Waals surface area contributed by atoms with Crippen molar-refractivity contribution in [3.05, 3.63) is 11.8 Å². The fourth-order valence-electron chi connectivity index (χ4n) is 1.19. The Bertz CT molecular complexity index is 286. The Morgan fingerprint density at radius 2 is 2.36 bits per heavy atom. The molecule has 0 aromatic carbocycles. The first-order chi connectivity index (χ1) is 6.56. The molecule has 0 aliphatic carbocycles. The minimum atomic E-state index is -0.383. The summed E-state index contributed by atoms with van der Waals surface area (Å²) >= 11 is 0. The van der Waals surface area contributed by atoms with Gasteiger partial charge in [0.1, 0.15) is 0 Å². The summed E-state index contributed by atoms with van der Waals surface area (Å²) in [7, 11) is 1.58. The minimum absolute atomic E-state index is 0.217. The topological polar surface area (TPSA) is 58.6 Å². The van der Waals surface area contributed by atoms with E-state index >= 15 is 0 Å². The van der Waals surface area contributed by atoms with Crippen molar-refractivity contribution in [1.82, 2.24) is 10.2 Å². The van der Waals surface area contributed by atoms with Crippen LogP contribution >= 0.6 is 0 Å². The van der Waals surface area contributed by atoms with Gasteiger partial charge in [0.25, 0.3) is 0 Å². The molecule has 0 radical (unpaired) electrons. The first kappa shape index (κ1) is 10.6. The van der Waals surface area contributed by atoms with E-state index in [0.717, 1.165) is 0 Å². The van der Waals surface area contributed by atoms with E-state index in [0.29, 0.717) is 12.2 Å². The molecule has 0 saturated heterocycles. The summed E-state index contributed by atoms with van der Waals surface area (Å²) in [5, 5.41) is 2.64. The molecule has 1 rings (SSSR count). The van der Waals surface area contributed by atoms with Crippen molar-refractivity contribution in [2.45, 2.75) is 19.9 Å². The molecule has 0 aromatic rings. The molecule has 0 spiro atoms. The highest BCUT2D eigenvalue weighted by Gasteiger charge is 2.26. The maximum atomic E-state index is 11.4. The molecule has 0 aromatic heterocycles. The van der Waals surface area contributed by atoms with Gasteiger partial charge in [-0.05, 0) is 13.8 Å². The summed E-state index contributed by atoms with van der Waals surface area (Å²) in [6.07, 6.45) is 1.50. The molecule has 5 nitrogen and oxygen atoms in total. The Hall–Kier alpha value is -1.52. The lowest BCUT2D eigenvalue weighted by Crippen LogP contribution is -2.46. The van der Waals surface area contributed by atoms with E-state index in [-0.39, 0.29) is 18.0 Å². The predicted molar refractivity (Wildman–Crippen MR) is 50.5 cm³/mol. The largest absolute Gasteiger partial charge is 0.463 e. The first-order valence-electron chi connectivity index (χ1n) is 4.48. The lowest BCUT2D eigenvalue weighted by Gasteiger charge is -2.26. The van der Waals surface area contributed by atoms with Crippen molar-refractivity contribution in [3.8, 4) is 0 Å². The van der Waals surface area contributed by atoms with Gasteiger partial charge in [-0.2, -0.15) is 0 Å². The maximum Gasteiger partial charge on any atom is 0.337 e. The van der Waals surface area contributed by atoms with Crippen molar-refractivity contribution >= 4 is 12.0 Å². The van der Waals surface area contributed by atoms with Crippen LogP contribution < -0.4 is 5.32 Å². The van der Waals surface area contributed by atoms with Gasteiger partial charge in [-0.3, -0.25) is 0 Å². The van der Waals surface area contributed by atoms with E-state index in [1.54, 1.807) is 20.9 Å². The number of esters is 1. The van der Waals surface area contributed by atoms with E-state index in [1.807, 2.05) is 0 Å². The normalized spacial score (nSPS) is 21.4. The van der Waals surface area contributed by atoms with E-state index in [1.165, 1.54) is 11.1 Å². The zero-order chi connectivity index (χ0) is 10.7. The molecule has 0 bridgehead atoms. The summed E-state index contributed by atoms with van der Waals surface area (Å²) in [6.45, 7) is 3.82. The number of hydrogen-bond acceptors (Lipinski definition) is 3. The van der Waals surface area contributed by atoms with Crippen molar-refractivity contribution < 1.29 is 14.3 Å². The summed E-state index contributed by atoms with van der Waals surface area (Å²) < 4.78 is 4.85. The lowest BCUT2D eigenvalue weighted by atomic mass is 10.1. The smallest absolute Gasteiger partial charge is 0.337 e. The molecule has 1 unspecified atom stereocenters. The van der Waals surface area contributed by atoms with Crippen molar-refractivity contribution in [2.75, 3.05) is 13.7 Å². The van der Waals surface area contributed by atoms with Crippen LogP contribution in [0.1, 0.15) is 13.8 Å². The third-order valence-corrected chi connectivity index (χ3v) is 1.97. The molecule has 1 atom stereocenters.